The maximum atomic E-state index is 13.9. The Morgan fingerprint density at radius 3 is 2.75 bits per heavy atom. The number of rotatable bonds is 3. The summed E-state index contributed by atoms with van der Waals surface area (Å²) in [5, 5.41) is 0. The van der Waals surface area contributed by atoms with Gasteiger partial charge in [0.05, 0.1) is 12.7 Å². The van der Waals surface area contributed by atoms with Crippen LogP contribution in [0.5, 0.6) is 5.75 Å². The molecule has 0 amide bonds. The molecule has 0 radical (unpaired) electrons. The average Bonchev–Trinajstić information content (AvgIpc) is 2.97. The summed E-state index contributed by atoms with van der Waals surface area (Å²) in [6, 6.07) is 3.01. The van der Waals surface area contributed by atoms with Gasteiger partial charge in [-0.3, -0.25) is 0 Å². The minimum Gasteiger partial charge on any atom is -0.496 e. The molecule has 0 saturated heterocycles. The Morgan fingerprint density at radius 1 is 1.56 bits per heavy atom. The van der Waals surface area contributed by atoms with E-state index in [2.05, 4.69) is 20.9 Å². The van der Waals surface area contributed by atoms with Gasteiger partial charge in [-0.2, -0.15) is 4.99 Å². The largest absolute Gasteiger partial charge is 0.496 e. The van der Waals surface area contributed by atoms with Gasteiger partial charge in [-0.15, -0.1) is 0 Å². The summed E-state index contributed by atoms with van der Waals surface area (Å²) >= 11 is 3.19. The lowest BCUT2D eigenvalue weighted by Crippen LogP contribution is -2.08. The highest BCUT2D eigenvalue weighted by Crippen LogP contribution is 2.53. The summed E-state index contributed by atoms with van der Waals surface area (Å²) in [7, 11) is 1.46. The van der Waals surface area contributed by atoms with E-state index >= 15 is 0 Å². The van der Waals surface area contributed by atoms with Crippen molar-refractivity contribution in [2.24, 2.45) is 4.99 Å². The first-order chi connectivity index (χ1) is 7.63. The molecule has 0 N–H and O–H groups in total. The van der Waals surface area contributed by atoms with Crippen molar-refractivity contribution in [3.05, 3.63) is 28.0 Å². The first-order valence-corrected chi connectivity index (χ1v) is 5.55. The Hall–Kier alpha value is -1.19. The van der Waals surface area contributed by atoms with E-state index in [1.165, 1.54) is 19.3 Å². The van der Waals surface area contributed by atoms with Crippen molar-refractivity contribution in [2.45, 2.75) is 18.4 Å². The Bertz CT molecular complexity index is 479. The molecule has 0 spiro atoms. The van der Waals surface area contributed by atoms with Crippen LogP contribution in [0.4, 0.5) is 4.39 Å². The highest BCUT2D eigenvalue weighted by atomic mass is 79.9. The number of hydrogen-bond donors (Lipinski definition) is 0. The highest BCUT2D eigenvalue weighted by molar-refractivity contribution is 9.10. The van der Waals surface area contributed by atoms with Gasteiger partial charge in [0.25, 0.3) is 0 Å². The van der Waals surface area contributed by atoms with E-state index in [4.69, 9.17) is 4.74 Å². The molecule has 5 heteroatoms. The predicted octanol–water partition coefficient (Wildman–Crippen LogP) is 2.92. The molecule has 1 aliphatic rings. The van der Waals surface area contributed by atoms with E-state index in [0.29, 0.717) is 28.6 Å². The second-order valence-corrected chi connectivity index (χ2v) is 4.62. The summed E-state index contributed by atoms with van der Waals surface area (Å²) < 4.78 is 19.6. The third-order valence-electron chi connectivity index (χ3n) is 2.69. The zero-order valence-electron chi connectivity index (χ0n) is 8.59. The Kier molecular flexibility index (Phi) is 2.82. The van der Waals surface area contributed by atoms with Crippen LogP contribution < -0.4 is 4.74 Å². The van der Waals surface area contributed by atoms with Gasteiger partial charge >= 0.3 is 0 Å². The normalized spacial score (nSPS) is 16.4. The molecule has 0 aliphatic heterocycles. The molecule has 0 unspecified atom stereocenters. The third kappa shape index (κ3) is 1.77. The van der Waals surface area contributed by atoms with E-state index in [1.54, 1.807) is 6.07 Å². The highest BCUT2D eigenvalue weighted by Gasteiger charge is 2.48. The van der Waals surface area contributed by atoms with E-state index in [9.17, 15) is 9.18 Å². The SMILES string of the molecule is COc1cc(Br)cc(F)c1C1(N=C=O)CC1. The first-order valence-electron chi connectivity index (χ1n) is 4.75. The molecule has 1 fully saturated rings. The van der Waals surface area contributed by atoms with E-state index in [-0.39, 0.29) is 0 Å². The first kappa shape index (κ1) is 11.3. The zero-order valence-corrected chi connectivity index (χ0v) is 10.2. The molecule has 1 saturated carbocycles. The number of halogens is 2. The van der Waals surface area contributed by atoms with Gasteiger partial charge in [0.2, 0.25) is 6.08 Å². The Balaban J connectivity index is 2.60. The summed E-state index contributed by atoms with van der Waals surface area (Å²) in [6.45, 7) is 0. The summed E-state index contributed by atoms with van der Waals surface area (Å²) in [5.74, 6) is -0.00824. The van der Waals surface area contributed by atoms with Crippen LogP contribution in [0.1, 0.15) is 18.4 Å². The van der Waals surface area contributed by atoms with Crippen molar-refractivity contribution in [3.63, 3.8) is 0 Å². The number of isocyanates is 1. The lowest BCUT2D eigenvalue weighted by Gasteiger charge is -2.14. The maximum absolute atomic E-state index is 13.9. The molecular weight excluding hydrogens is 277 g/mol. The third-order valence-corrected chi connectivity index (χ3v) is 3.15. The molecule has 1 aromatic carbocycles. The van der Waals surface area contributed by atoms with Crippen LogP contribution in [0.25, 0.3) is 0 Å². The molecule has 3 nitrogen and oxygen atoms in total. The molecule has 2 rings (SSSR count). The van der Waals surface area contributed by atoms with Gasteiger partial charge < -0.3 is 4.74 Å². The molecule has 16 heavy (non-hydrogen) atoms. The van der Waals surface area contributed by atoms with Crippen molar-refractivity contribution in [1.82, 2.24) is 0 Å². The number of carbonyl (C=O) groups excluding carboxylic acids is 1. The molecule has 0 aromatic heterocycles. The number of hydrogen-bond acceptors (Lipinski definition) is 3. The van der Waals surface area contributed by atoms with Crippen LogP contribution in [0.3, 0.4) is 0 Å². The van der Waals surface area contributed by atoms with Crippen molar-refractivity contribution in [2.75, 3.05) is 7.11 Å². The molecule has 1 aliphatic carbocycles. The average molecular weight is 286 g/mol. The minimum atomic E-state index is -0.752. The summed E-state index contributed by atoms with van der Waals surface area (Å²) in [6.07, 6.45) is 2.80. The Morgan fingerprint density at radius 2 is 2.25 bits per heavy atom. The van der Waals surface area contributed by atoms with Gasteiger partial charge in [0.1, 0.15) is 17.1 Å². The van der Waals surface area contributed by atoms with Crippen molar-refractivity contribution in [1.29, 1.82) is 0 Å². The number of benzene rings is 1. The van der Waals surface area contributed by atoms with Gasteiger partial charge in [-0.05, 0) is 25.0 Å². The van der Waals surface area contributed by atoms with E-state index in [1.807, 2.05) is 0 Å². The molecule has 0 heterocycles. The van der Waals surface area contributed by atoms with Gasteiger partial charge in [0.15, 0.2) is 0 Å². The minimum absolute atomic E-state index is 0.349. The number of ether oxygens (including phenoxy) is 1. The van der Waals surface area contributed by atoms with E-state index < -0.39 is 11.4 Å². The van der Waals surface area contributed by atoms with Crippen LogP contribution in [0, 0.1) is 5.82 Å². The quantitative estimate of drug-likeness (QED) is 0.633. The smallest absolute Gasteiger partial charge is 0.235 e. The molecule has 84 valence electrons. The van der Waals surface area contributed by atoms with Crippen molar-refractivity contribution in [3.8, 4) is 5.75 Å². The van der Waals surface area contributed by atoms with Crippen LogP contribution >= 0.6 is 15.9 Å². The summed E-state index contributed by atoms with van der Waals surface area (Å²) in [5.41, 5.74) is -0.403. The van der Waals surface area contributed by atoms with Crippen LogP contribution in [-0.2, 0) is 10.3 Å². The topological polar surface area (TPSA) is 38.7 Å². The Labute approximate surface area is 100 Å². The van der Waals surface area contributed by atoms with Gasteiger partial charge in [-0.25, -0.2) is 9.18 Å². The number of aliphatic imine (C=N–C) groups is 1. The van der Waals surface area contributed by atoms with Crippen LogP contribution in [-0.4, -0.2) is 13.2 Å². The summed E-state index contributed by atoms with van der Waals surface area (Å²) in [4.78, 5) is 14.0. The van der Waals surface area contributed by atoms with Crippen molar-refractivity contribution < 1.29 is 13.9 Å². The van der Waals surface area contributed by atoms with Crippen molar-refractivity contribution >= 4 is 22.0 Å². The standard InChI is InChI=1S/C11H9BrFNO2/c1-16-9-5-7(12)4-8(13)10(9)11(2-3-11)14-6-15/h4-5H,2-3H2,1H3. The predicted molar refractivity (Wildman–Crippen MR) is 59.7 cm³/mol. The van der Waals surface area contributed by atoms with Crippen LogP contribution in [0.2, 0.25) is 0 Å². The zero-order chi connectivity index (χ0) is 11.8. The lowest BCUT2D eigenvalue weighted by atomic mass is 10.0. The fourth-order valence-electron chi connectivity index (χ4n) is 1.79. The number of nitrogens with zero attached hydrogens (tertiary/aromatic N) is 1. The van der Waals surface area contributed by atoms with Gasteiger partial charge in [0, 0.05) is 4.47 Å². The fourth-order valence-corrected chi connectivity index (χ4v) is 2.19. The molecular formula is C11H9BrFNO2. The molecule has 0 atom stereocenters. The second kappa shape index (κ2) is 4.00. The van der Waals surface area contributed by atoms with Crippen LogP contribution in [0.15, 0.2) is 21.6 Å². The second-order valence-electron chi connectivity index (χ2n) is 3.70. The van der Waals surface area contributed by atoms with E-state index in [0.717, 1.165) is 0 Å². The molecule has 0 bridgehead atoms. The molecule has 1 aromatic rings. The monoisotopic (exact) mass is 285 g/mol. The lowest BCUT2D eigenvalue weighted by molar-refractivity contribution is 0.397. The van der Waals surface area contributed by atoms with Gasteiger partial charge in [-0.1, -0.05) is 15.9 Å². The fraction of sp³-hybridized carbons (Fsp3) is 0.364. The maximum Gasteiger partial charge on any atom is 0.235 e. The number of methoxy groups -OCH3 is 1.